The number of nitrogens with two attached hydrogens (primary N) is 3. The van der Waals surface area contributed by atoms with E-state index >= 15 is 0 Å². The lowest BCUT2D eigenvalue weighted by atomic mass is 9.90. The second-order valence-electron chi connectivity index (χ2n) is 16.1. The summed E-state index contributed by atoms with van der Waals surface area (Å²) < 4.78 is 12.2. The summed E-state index contributed by atoms with van der Waals surface area (Å²) in [5, 5.41) is 19.9. The average Bonchev–Trinajstić information content (AvgIpc) is 3.31. The molecule has 1 aliphatic heterocycles. The van der Waals surface area contributed by atoms with Gasteiger partial charge < -0.3 is 52.8 Å². The molecule has 0 spiro atoms. The molecule has 10 N–H and O–H groups in total. The molecule has 1 aliphatic carbocycles. The molecule has 2 aliphatic rings. The van der Waals surface area contributed by atoms with Crippen LogP contribution in [0.4, 0.5) is 0 Å². The summed E-state index contributed by atoms with van der Waals surface area (Å²) in [4.78, 5) is 80.6. The second kappa shape index (κ2) is 22.1. The maximum atomic E-state index is 14.7. The van der Waals surface area contributed by atoms with Gasteiger partial charge in [0.25, 0.3) is 5.91 Å². The van der Waals surface area contributed by atoms with Gasteiger partial charge in [-0.2, -0.15) is 5.26 Å². The summed E-state index contributed by atoms with van der Waals surface area (Å²) in [6.45, 7) is 3.53. The molecule has 0 fully saturated rings. The minimum Gasteiger partial charge on any atom is -0.492 e. The van der Waals surface area contributed by atoms with Crippen molar-refractivity contribution in [3.05, 3.63) is 94.3 Å². The monoisotopic (exact) mass is 887 g/mol. The normalized spacial score (nSPS) is 17.5. The number of amides is 5. The second-order valence-corrected chi connectivity index (χ2v) is 16.1. The van der Waals surface area contributed by atoms with Crippen LogP contribution < -0.4 is 47.9 Å². The minimum atomic E-state index is -1.40. The Kier molecular flexibility index (Phi) is 16.2. The van der Waals surface area contributed by atoms with Crippen molar-refractivity contribution >= 4 is 29.5 Å². The summed E-state index contributed by atoms with van der Waals surface area (Å²) in [5.41, 5.74) is 23.6. The van der Waals surface area contributed by atoms with E-state index < -0.39 is 53.7 Å². The van der Waals surface area contributed by atoms with E-state index in [9.17, 15) is 24.0 Å². The van der Waals surface area contributed by atoms with Gasteiger partial charge in [0.1, 0.15) is 55.4 Å². The highest BCUT2D eigenvalue weighted by atomic mass is 16.5. The molecule has 65 heavy (non-hydrogen) atoms. The fourth-order valence-electron chi connectivity index (χ4n) is 8.07. The average molecular weight is 888 g/mol. The van der Waals surface area contributed by atoms with Gasteiger partial charge in [-0.25, -0.2) is 9.97 Å². The highest BCUT2D eigenvalue weighted by Gasteiger charge is 2.36. The van der Waals surface area contributed by atoms with Crippen LogP contribution in [-0.2, 0) is 38.4 Å². The van der Waals surface area contributed by atoms with Gasteiger partial charge in [-0.3, -0.25) is 24.0 Å². The fraction of sp³-hybridized carbons (Fsp3) is 0.404. The lowest BCUT2D eigenvalue weighted by molar-refractivity contribution is -0.141. The number of nitrogens with one attached hydrogen (secondary N) is 4. The quantitative estimate of drug-likeness (QED) is 0.0835. The molecule has 18 nitrogen and oxygen atoms in total. The number of aryl methyl sites for hydroxylation is 3. The summed E-state index contributed by atoms with van der Waals surface area (Å²) >= 11 is 0. The van der Waals surface area contributed by atoms with Gasteiger partial charge in [0.2, 0.25) is 23.6 Å². The van der Waals surface area contributed by atoms with Crippen LogP contribution in [0.1, 0.15) is 70.5 Å². The van der Waals surface area contributed by atoms with Gasteiger partial charge in [-0.15, -0.1) is 0 Å². The van der Waals surface area contributed by atoms with Gasteiger partial charge in [-0.1, -0.05) is 24.3 Å². The number of carbonyl (C=O) groups excluding carboxylic acids is 5. The van der Waals surface area contributed by atoms with Crippen molar-refractivity contribution in [1.82, 2.24) is 36.1 Å². The first-order valence-electron chi connectivity index (χ1n) is 21.8. The lowest BCUT2D eigenvalue weighted by Gasteiger charge is -2.32. The van der Waals surface area contributed by atoms with Crippen molar-refractivity contribution in [2.24, 2.45) is 17.2 Å². The zero-order valence-corrected chi connectivity index (χ0v) is 36.9. The first-order chi connectivity index (χ1) is 31.4. The van der Waals surface area contributed by atoms with Crippen molar-refractivity contribution < 1.29 is 33.4 Å². The van der Waals surface area contributed by atoms with Crippen molar-refractivity contribution in [1.29, 1.82) is 5.26 Å². The van der Waals surface area contributed by atoms with Gasteiger partial charge >= 0.3 is 0 Å². The topological polar surface area (TPSA) is 283 Å². The minimum absolute atomic E-state index is 0.00502. The smallest absolute Gasteiger partial charge is 0.255 e. The SMILES string of the molecule is Cc1nc(-c2ccc3c(c2)CCCC3)ncc1C(=O)NC(CCN)C(=O)N(C)[C@@H]1C(=O)N[C@@H](C)C(=O)N[C@H](C(=O)NCC#N)Cc2ccc(OCCN)c(c2)-c2cc1ccc2OCCN. The number of nitrogens with zero attached hydrogens (tertiary/aromatic N) is 4. The number of hydrogen-bond donors (Lipinski definition) is 7. The molecular weight excluding hydrogens is 831 g/mol. The number of likely N-dealkylation sites (N-methyl/N-ethyl adjacent to an activating group) is 1. The van der Waals surface area contributed by atoms with Crippen molar-refractivity contribution in [2.45, 2.75) is 76.5 Å². The summed E-state index contributed by atoms with van der Waals surface area (Å²) in [6.07, 6.45) is 5.77. The van der Waals surface area contributed by atoms with Gasteiger partial charge in [0.05, 0.1) is 17.3 Å². The van der Waals surface area contributed by atoms with E-state index in [2.05, 4.69) is 43.4 Å². The molecule has 4 aromatic rings. The van der Waals surface area contributed by atoms with E-state index in [1.54, 1.807) is 43.3 Å². The van der Waals surface area contributed by atoms with E-state index in [4.69, 9.17) is 31.9 Å². The van der Waals surface area contributed by atoms with Crippen LogP contribution in [-0.4, -0.2) is 109 Å². The molecule has 2 heterocycles. The first kappa shape index (κ1) is 47.5. The summed E-state index contributed by atoms with van der Waals surface area (Å²) in [6, 6.07) is 13.3. The third kappa shape index (κ3) is 11.4. The van der Waals surface area contributed by atoms with Crippen molar-refractivity contribution in [3.63, 3.8) is 0 Å². The van der Waals surface area contributed by atoms with Crippen LogP contribution in [0.5, 0.6) is 11.5 Å². The highest BCUT2D eigenvalue weighted by Crippen LogP contribution is 2.40. The van der Waals surface area contributed by atoms with E-state index in [1.165, 1.54) is 36.2 Å². The number of ether oxygens (including phenoxy) is 2. The molecule has 1 aromatic heterocycles. The molecule has 1 unspecified atom stereocenters. The van der Waals surface area contributed by atoms with Crippen LogP contribution in [0.25, 0.3) is 22.5 Å². The van der Waals surface area contributed by atoms with Crippen molar-refractivity contribution in [3.8, 4) is 40.1 Å². The molecule has 6 rings (SSSR count). The third-order valence-electron chi connectivity index (χ3n) is 11.4. The fourth-order valence-corrected chi connectivity index (χ4v) is 8.07. The number of aromatic nitrogens is 2. The molecule has 0 saturated carbocycles. The van der Waals surface area contributed by atoms with Crippen LogP contribution in [0.15, 0.2) is 60.8 Å². The van der Waals surface area contributed by atoms with Gasteiger partial charge in [-0.05, 0) is 105 Å². The molecule has 4 bridgehead atoms. The standard InChI is InChI=1S/C47H57N11O7/c1-27-36(26-53-42(54-27)33-10-9-30-6-4-5-7-31(30)24-33)44(60)56-37(14-15-48)47(63)58(3)41-32-11-13-40(65-21-18-51)35(25-32)34-22-29(8-12-39(34)64-20-17-50)23-38(45(61)52-19-16-49)57-43(59)28(2)55-46(41)62/h8-13,22,24-26,28,37-38,41H,4-7,14-15,17-21,23,48,50-51H2,1-3H3,(H,52,61)(H,55,62)(H,56,60)(H,57,59)/t28-,37?,38-,41-/m0/s1. The third-order valence-corrected chi connectivity index (χ3v) is 11.4. The molecule has 0 saturated heterocycles. The Bertz CT molecular complexity index is 2460. The Morgan fingerprint density at radius 3 is 2.28 bits per heavy atom. The maximum absolute atomic E-state index is 14.7. The number of fused-ring (bicyclic) bond motifs is 6. The van der Waals surface area contributed by atoms with E-state index in [0.717, 1.165) is 31.2 Å². The molecule has 5 amide bonds. The zero-order valence-electron chi connectivity index (χ0n) is 36.9. The first-order valence-corrected chi connectivity index (χ1v) is 21.8. The molecule has 4 atom stereocenters. The number of hydrogen-bond acceptors (Lipinski definition) is 13. The molecule has 0 radical (unpaired) electrons. The Balaban J connectivity index is 1.37. The van der Waals surface area contributed by atoms with Gasteiger partial charge in [0.15, 0.2) is 5.82 Å². The van der Waals surface area contributed by atoms with Crippen LogP contribution in [0.3, 0.4) is 0 Å². The molecule has 3 aromatic carbocycles. The largest absolute Gasteiger partial charge is 0.492 e. The lowest BCUT2D eigenvalue weighted by Crippen LogP contribution is -2.56. The highest BCUT2D eigenvalue weighted by molar-refractivity contribution is 6.00. The van der Waals surface area contributed by atoms with E-state index in [1.807, 2.05) is 12.1 Å². The Labute approximate surface area is 378 Å². The van der Waals surface area contributed by atoms with E-state index in [-0.39, 0.29) is 57.8 Å². The number of benzene rings is 3. The maximum Gasteiger partial charge on any atom is 0.255 e. The number of nitriles is 1. The molecular formula is C47H57N11O7. The Hall–Kier alpha value is -6.94. The summed E-state index contributed by atoms with van der Waals surface area (Å²) in [5.74, 6) is -2.07. The molecule has 18 heteroatoms. The zero-order chi connectivity index (χ0) is 46.6. The van der Waals surface area contributed by atoms with Crippen molar-refractivity contribution in [2.75, 3.05) is 46.4 Å². The Morgan fingerprint density at radius 2 is 1.60 bits per heavy atom. The van der Waals surface area contributed by atoms with Gasteiger partial charge in [0, 0.05) is 49.4 Å². The summed E-state index contributed by atoms with van der Waals surface area (Å²) in [7, 11) is 1.42. The number of carbonyl (C=O) groups is 5. The predicted molar refractivity (Wildman–Crippen MR) is 242 cm³/mol. The van der Waals surface area contributed by atoms with E-state index in [0.29, 0.717) is 45.3 Å². The predicted octanol–water partition coefficient (Wildman–Crippen LogP) is 1.51. The van der Waals surface area contributed by atoms with Crippen LogP contribution >= 0.6 is 0 Å². The van der Waals surface area contributed by atoms with Crippen LogP contribution in [0.2, 0.25) is 0 Å². The molecule has 342 valence electrons. The Morgan fingerprint density at radius 1 is 0.908 bits per heavy atom. The number of rotatable bonds is 15. The van der Waals surface area contributed by atoms with Crippen LogP contribution in [0, 0.1) is 18.3 Å².